The van der Waals surface area contributed by atoms with Crippen LogP contribution < -0.4 is 0 Å². The molecular formula is C13H15NO3. The van der Waals surface area contributed by atoms with Gasteiger partial charge < -0.3 is 14.3 Å². The highest BCUT2D eigenvalue weighted by Crippen LogP contribution is 2.18. The van der Waals surface area contributed by atoms with Crippen LogP contribution in [0.25, 0.3) is 11.5 Å². The molecule has 17 heavy (non-hydrogen) atoms. The van der Waals surface area contributed by atoms with Crippen LogP contribution in [0.1, 0.15) is 12.1 Å². The summed E-state index contributed by atoms with van der Waals surface area (Å²) in [6, 6.07) is 9.73. The van der Waals surface area contributed by atoms with Gasteiger partial charge in [0.05, 0.1) is 6.61 Å². The van der Waals surface area contributed by atoms with Crippen LogP contribution >= 0.6 is 0 Å². The molecule has 0 unspecified atom stereocenters. The first-order valence-corrected chi connectivity index (χ1v) is 5.58. The van der Waals surface area contributed by atoms with Crippen molar-refractivity contribution in [2.75, 3.05) is 13.2 Å². The maximum Gasteiger partial charge on any atom is 0.226 e. The number of hydrogen-bond acceptors (Lipinski definition) is 4. The lowest BCUT2D eigenvalue weighted by Gasteiger charge is -1.98. The molecule has 1 heterocycles. The van der Waals surface area contributed by atoms with Crippen molar-refractivity contribution in [3.05, 3.63) is 42.3 Å². The van der Waals surface area contributed by atoms with E-state index < -0.39 is 0 Å². The van der Waals surface area contributed by atoms with E-state index in [1.54, 1.807) is 6.26 Å². The molecule has 0 bridgehead atoms. The normalized spacial score (nSPS) is 10.6. The van der Waals surface area contributed by atoms with Crippen LogP contribution in [0.5, 0.6) is 0 Å². The van der Waals surface area contributed by atoms with Gasteiger partial charge in [-0.2, -0.15) is 0 Å². The predicted octanol–water partition coefficient (Wildman–Crippen LogP) is 2.24. The summed E-state index contributed by atoms with van der Waals surface area (Å²) in [4.78, 5) is 4.32. The van der Waals surface area contributed by atoms with E-state index in [1.807, 2.05) is 30.3 Å². The monoisotopic (exact) mass is 233 g/mol. The molecule has 0 amide bonds. The standard InChI is InChI=1S/C13H15NO3/c15-7-4-8-16-9-12-10-17-13(14-12)11-5-2-1-3-6-11/h1-3,5-6,10,15H,4,7-9H2. The Bertz CT molecular complexity index is 439. The zero-order chi connectivity index (χ0) is 11.9. The molecule has 0 radical (unpaired) electrons. The third-order valence-corrected chi connectivity index (χ3v) is 2.27. The molecule has 4 nitrogen and oxygen atoms in total. The molecule has 2 rings (SSSR count). The predicted molar refractivity (Wildman–Crippen MR) is 63.3 cm³/mol. The Morgan fingerprint density at radius 2 is 2.06 bits per heavy atom. The van der Waals surface area contributed by atoms with Crippen molar-refractivity contribution < 1.29 is 14.3 Å². The van der Waals surface area contributed by atoms with Gasteiger partial charge in [-0.3, -0.25) is 0 Å². The minimum absolute atomic E-state index is 0.147. The van der Waals surface area contributed by atoms with Crippen LogP contribution in [0.15, 0.2) is 41.0 Å². The van der Waals surface area contributed by atoms with Gasteiger partial charge in [0.25, 0.3) is 0 Å². The maximum absolute atomic E-state index is 8.60. The third-order valence-electron chi connectivity index (χ3n) is 2.27. The first-order chi connectivity index (χ1) is 8.40. The Balaban J connectivity index is 1.92. The van der Waals surface area contributed by atoms with E-state index in [2.05, 4.69) is 4.98 Å². The summed E-state index contributed by atoms with van der Waals surface area (Å²) in [5, 5.41) is 8.60. The second-order valence-corrected chi connectivity index (χ2v) is 3.64. The number of rotatable bonds is 6. The average molecular weight is 233 g/mol. The van der Waals surface area contributed by atoms with Crippen molar-refractivity contribution >= 4 is 0 Å². The van der Waals surface area contributed by atoms with Crippen LogP contribution in [0.4, 0.5) is 0 Å². The number of aliphatic hydroxyl groups excluding tert-OH is 1. The van der Waals surface area contributed by atoms with Crippen LogP contribution in [-0.2, 0) is 11.3 Å². The summed E-state index contributed by atoms with van der Waals surface area (Å²) in [7, 11) is 0. The first-order valence-electron chi connectivity index (χ1n) is 5.58. The largest absolute Gasteiger partial charge is 0.444 e. The molecule has 0 saturated carbocycles. The van der Waals surface area contributed by atoms with E-state index >= 15 is 0 Å². The van der Waals surface area contributed by atoms with Crippen molar-refractivity contribution in [3.8, 4) is 11.5 Å². The minimum Gasteiger partial charge on any atom is -0.444 e. The number of aromatic nitrogens is 1. The first kappa shape index (κ1) is 11.8. The van der Waals surface area contributed by atoms with E-state index in [9.17, 15) is 0 Å². The number of hydrogen-bond donors (Lipinski definition) is 1. The van der Waals surface area contributed by atoms with Gasteiger partial charge in [-0.25, -0.2) is 4.98 Å². The SMILES string of the molecule is OCCCOCc1coc(-c2ccccc2)n1. The fourth-order valence-corrected chi connectivity index (χ4v) is 1.43. The van der Waals surface area contributed by atoms with Gasteiger partial charge in [0.1, 0.15) is 12.0 Å². The van der Waals surface area contributed by atoms with Crippen LogP contribution in [0.2, 0.25) is 0 Å². The Kier molecular flexibility index (Phi) is 4.30. The lowest BCUT2D eigenvalue weighted by Crippen LogP contribution is -1.97. The highest BCUT2D eigenvalue weighted by Gasteiger charge is 2.05. The Labute approximate surface area is 99.9 Å². The van der Waals surface area contributed by atoms with E-state index in [1.165, 1.54) is 0 Å². The topological polar surface area (TPSA) is 55.5 Å². The molecule has 1 aromatic heterocycles. The van der Waals surface area contributed by atoms with Gasteiger partial charge in [0.15, 0.2) is 0 Å². The molecule has 0 aliphatic heterocycles. The van der Waals surface area contributed by atoms with Gasteiger partial charge in [-0.05, 0) is 18.6 Å². The summed E-state index contributed by atoms with van der Waals surface area (Å²) in [5.41, 5.74) is 1.72. The van der Waals surface area contributed by atoms with Crippen LogP contribution in [0.3, 0.4) is 0 Å². The smallest absolute Gasteiger partial charge is 0.226 e. The molecule has 0 fully saturated rings. The van der Waals surface area contributed by atoms with E-state index in [0.29, 0.717) is 25.5 Å². The molecule has 2 aromatic rings. The maximum atomic E-state index is 8.60. The molecule has 0 aliphatic carbocycles. The number of oxazole rings is 1. The van der Waals surface area contributed by atoms with Crippen LogP contribution in [0, 0.1) is 0 Å². The second-order valence-electron chi connectivity index (χ2n) is 3.64. The van der Waals surface area contributed by atoms with Crippen molar-refractivity contribution in [1.82, 2.24) is 4.98 Å². The third kappa shape index (κ3) is 3.41. The molecule has 1 N–H and O–H groups in total. The number of nitrogens with zero attached hydrogens (tertiary/aromatic N) is 1. The fourth-order valence-electron chi connectivity index (χ4n) is 1.43. The van der Waals surface area contributed by atoms with Crippen molar-refractivity contribution in [2.24, 2.45) is 0 Å². The lowest BCUT2D eigenvalue weighted by molar-refractivity contribution is 0.102. The molecule has 0 spiro atoms. The van der Waals surface area contributed by atoms with Crippen LogP contribution in [-0.4, -0.2) is 23.3 Å². The summed E-state index contributed by atoms with van der Waals surface area (Å²) >= 11 is 0. The van der Waals surface area contributed by atoms with Gasteiger partial charge in [0.2, 0.25) is 5.89 Å². The molecule has 0 aliphatic rings. The van der Waals surface area contributed by atoms with Gasteiger partial charge >= 0.3 is 0 Å². The second kappa shape index (κ2) is 6.18. The molecule has 0 atom stereocenters. The number of ether oxygens (including phenoxy) is 1. The Morgan fingerprint density at radius 3 is 2.82 bits per heavy atom. The number of aliphatic hydroxyl groups is 1. The highest BCUT2D eigenvalue weighted by molar-refractivity contribution is 5.52. The van der Waals surface area contributed by atoms with Gasteiger partial charge in [-0.1, -0.05) is 18.2 Å². The molecule has 4 heteroatoms. The van der Waals surface area contributed by atoms with Gasteiger partial charge in [0, 0.05) is 18.8 Å². The van der Waals surface area contributed by atoms with Crippen molar-refractivity contribution in [2.45, 2.75) is 13.0 Å². The summed E-state index contributed by atoms with van der Waals surface area (Å²) in [6.07, 6.45) is 2.24. The quantitative estimate of drug-likeness (QED) is 0.777. The summed E-state index contributed by atoms with van der Waals surface area (Å²) < 4.78 is 10.7. The average Bonchev–Trinajstić information content (AvgIpc) is 2.85. The van der Waals surface area contributed by atoms with Crippen molar-refractivity contribution in [3.63, 3.8) is 0 Å². The molecule has 0 saturated heterocycles. The number of benzene rings is 1. The van der Waals surface area contributed by atoms with Crippen molar-refractivity contribution in [1.29, 1.82) is 0 Å². The summed E-state index contributed by atoms with van der Waals surface area (Å²) in [6.45, 7) is 1.09. The van der Waals surface area contributed by atoms with E-state index in [-0.39, 0.29) is 6.61 Å². The van der Waals surface area contributed by atoms with E-state index in [4.69, 9.17) is 14.3 Å². The molecule has 1 aromatic carbocycles. The zero-order valence-electron chi connectivity index (χ0n) is 9.50. The Hall–Kier alpha value is -1.65. The molecule has 90 valence electrons. The highest BCUT2D eigenvalue weighted by atomic mass is 16.5. The molecular weight excluding hydrogens is 218 g/mol. The summed E-state index contributed by atoms with van der Waals surface area (Å²) in [5.74, 6) is 0.603. The van der Waals surface area contributed by atoms with E-state index in [0.717, 1.165) is 11.3 Å². The Morgan fingerprint density at radius 1 is 1.24 bits per heavy atom. The minimum atomic E-state index is 0.147. The van der Waals surface area contributed by atoms with Gasteiger partial charge in [-0.15, -0.1) is 0 Å². The zero-order valence-corrected chi connectivity index (χ0v) is 9.50. The fraction of sp³-hybridized carbons (Fsp3) is 0.308. The lowest BCUT2D eigenvalue weighted by atomic mass is 10.2.